The van der Waals surface area contributed by atoms with Crippen LogP contribution in [0.25, 0.3) is 0 Å². The zero-order chi connectivity index (χ0) is 60.7. The van der Waals surface area contributed by atoms with Crippen LogP contribution in [-0.4, -0.2) is 227 Å². The molecule has 24 nitrogen and oxygen atoms in total. The Bertz CT molecular complexity index is 2430. The summed E-state index contributed by atoms with van der Waals surface area (Å²) in [6.07, 6.45) is -25.6. The highest BCUT2D eigenvalue weighted by atomic mass is 16.8. The molecule has 0 aromatic rings. The number of allylic oxidation sites excluding steroid dienone is 3. The van der Waals surface area contributed by atoms with Crippen LogP contribution in [0.2, 0.25) is 0 Å². The number of hydrogen-bond acceptors (Lipinski definition) is 23. The molecular formula is C58H90O24. The van der Waals surface area contributed by atoms with E-state index in [4.69, 9.17) is 37.9 Å². The van der Waals surface area contributed by atoms with E-state index in [1.54, 1.807) is 39.8 Å². The van der Waals surface area contributed by atoms with Gasteiger partial charge in [-0.2, -0.15) is 0 Å². The molecule has 4 saturated carbocycles. The Morgan fingerprint density at radius 2 is 1.26 bits per heavy atom. The van der Waals surface area contributed by atoms with E-state index in [-0.39, 0.29) is 25.2 Å². The minimum atomic E-state index is -2.18. The van der Waals surface area contributed by atoms with Crippen LogP contribution in [0.4, 0.5) is 0 Å². The van der Waals surface area contributed by atoms with E-state index in [2.05, 4.69) is 19.9 Å². The summed E-state index contributed by atoms with van der Waals surface area (Å²) in [5, 5.41) is 146. The lowest BCUT2D eigenvalue weighted by Gasteiger charge is -2.73. The Balaban J connectivity index is 1.15. The van der Waals surface area contributed by atoms with Crippen molar-refractivity contribution < 1.29 is 119 Å². The number of esters is 2. The number of carboxylic acids is 1. The van der Waals surface area contributed by atoms with Gasteiger partial charge in [-0.15, -0.1) is 0 Å². The van der Waals surface area contributed by atoms with Gasteiger partial charge in [0, 0.05) is 21.8 Å². The average Bonchev–Trinajstić information content (AvgIpc) is 1.87. The van der Waals surface area contributed by atoms with Gasteiger partial charge in [-0.25, -0.2) is 9.59 Å². The van der Waals surface area contributed by atoms with E-state index in [1.807, 2.05) is 27.7 Å². The van der Waals surface area contributed by atoms with E-state index >= 15 is 0 Å². The van der Waals surface area contributed by atoms with E-state index in [9.17, 15) is 80.8 Å². The lowest BCUT2D eigenvalue weighted by atomic mass is 9.32. The Kier molecular flexibility index (Phi) is 18.9. The molecule has 0 amide bonds. The number of carbonyl (C=O) groups excluding carboxylic acids is 2. The molecule has 7 fully saturated rings. The van der Waals surface area contributed by atoms with E-state index in [0.717, 1.165) is 5.57 Å². The largest absolute Gasteiger partial charge is 0.479 e. The fourth-order valence-electron chi connectivity index (χ4n) is 16.4. The first-order chi connectivity index (χ1) is 38.4. The van der Waals surface area contributed by atoms with Crippen LogP contribution in [0.3, 0.4) is 0 Å². The van der Waals surface area contributed by atoms with Crippen LogP contribution < -0.4 is 0 Å². The monoisotopic (exact) mass is 1170 g/mol. The quantitative estimate of drug-likeness (QED) is 0.0406. The summed E-state index contributed by atoms with van der Waals surface area (Å²) in [7, 11) is 0. The van der Waals surface area contributed by atoms with Crippen LogP contribution in [0.5, 0.6) is 0 Å². The van der Waals surface area contributed by atoms with Crippen LogP contribution in [0, 0.1) is 50.2 Å². The van der Waals surface area contributed by atoms with E-state index in [1.165, 1.54) is 0 Å². The van der Waals surface area contributed by atoms with Crippen molar-refractivity contribution in [2.45, 2.75) is 231 Å². The maximum Gasteiger partial charge on any atom is 0.335 e. The standard InChI is InChI=1S/C58H90O24/c1-11-25(3)19-34(63)78-47-46(82-49(74)26(4)12-2)53(5,6)20-28-27-13-14-32-54(7)17-16-33(55(8,23-61)31(54)15-18-56(32,9)57(27,10)44(70)45(71)58(28,47)24-62)77-52-43(81-51-39(68)37(66)35(64)29(21-59)75-51)41(40(69)42(80-52)48(72)73)79-50-38(67)36(65)30(22-60)76-50/h11-13,28-33,35-47,50-52,59-62,64-71H,14-24H2,1-10H3,(H,72,73)/b25-11-,26-12-/t28?,29?,30-,31?,32?,33-,35+,36?,37?,38?,39?,40-,41?,42?,43?,44-,45+,46-,47-,50-,51-,52+,54-,55+,56+,57-,58-/m0/s1. The van der Waals surface area contributed by atoms with Crippen LogP contribution >= 0.6 is 0 Å². The number of carboxylic acid groups (broad SMARTS) is 1. The van der Waals surface area contributed by atoms with Gasteiger partial charge in [0.2, 0.25) is 0 Å². The third-order valence-corrected chi connectivity index (χ3v) is 21.7. The lowest BCUT2D eigenvalue weighted by Crippen LogP contribution is -2.76. The van der Waals surface area contributed by atoms with Gasteiger partial charge < -0.3 is 104 Å². The molecule has 24 heteroatoms. The molecule has 3 heterocycles. The predicted octanol–water partition coefficient (Wildman–Crippen LogP) is -0.375. The van der Waals surface area contributed by atoms with Crippen molar-refractivity contribution in [1.29, 1.82) is 0 Å². The number of hydrogen-bond donors (Lipinski definition) is 13. The second kappa shape index (κ2) is 23.9. The molecule has 466 valence electrons. The number of aliphatic carboxylic acids is 1. The normalized spacial score (nSPS) is 49.3. The van der Waals surface area contributed by atoms with Gasteiger partial charge in [-0.05, 0) is 94.8 Å². The van der Waals surface area contributed by atoms with Crippen LogP contribution in [0.15, 0.2) is 34.9 Å². The number of aliphatic hydroxyl groups is 12. The molecular weight excluding hydrogens is 1080 g/mol. The lowest BCUT2D eigenvalue weighted by molar-refractivity contribution is -0.387. The maximum absolute atomic E-state index is 13.9. The van der Waals surface area contributed by atoms with Gasteiger partial charge >= 0.3 is 17.9 Å². The fourth-order valence-corrected chi connectivity index (χ4v) is 16.4. The molecule has 0 aromatic carbocycles. The van der Waals surface area contributed by atoms with Gasteiger partial charge in [0.05, 0.1) is 56.6 Å². The molecule has 11 unspecified atom stereocenters. The van der Waals surface area contributed by atoms with Crippen molar-refractivity contribution >= 4 is 17.9 Å². The zero-order valence-corrected chi connectivity index (χ0v) is 48.5. The molecule has 8 rings (SSSR count). The molecule has 13 N–H and O–H groups in total. The first kappa shape index (κ1) is 64.9. The first-order valence-electron chi connectivity index (χ1n) is 28.8. The smallest absolute Gasteiger partial charge is 0.335 e. The second-order valence-electron chi connectivity index (χ2n) is 26.3. The molecule has 8 aliphatic rings. The zero-order valence-electron chi connectivity index (χ0n) is 48.5. The minimum Gasteiger partial charge on any atom is -0.479 e. The van der Waals surface area contributed by atoms with E-state index < -0.39 is 205 Å². The molecule has 3 aliphatic heterocycles. The highest BCUT2D eigenvalue weighted by Crippen LogP contribution is 2.76. The summed E-state index contributed by atoms with van der Waals surface area (Å²) in [6, 6.07) is 0. The van der Waals surface area contributed by atoms with Crippen molar-refractivity contribution in [1.82, 2.24) is 0 Å². The Morgan fingerprint density at radius 1 is 0.659 bits per heavy atom. The topological polar surface area (TPSA) is 388 Å². The van der Waals surface area contributed by atoms with Crippen molar-refractivity contribution in [2.24, 2.45) is 50.2 Å². The number of fused-ring (bicyclic) bond motifs is 7. The second-order valence-corrected chi connectivity index (χ2v) is 26.3. The van der Waals surface area contributed by atoms with Gasteiger partial charge in [-0.3, -0.25) is 4.79 Å². The van der Waals surface area contributed by atoms with Crippen molar-refractivity contribution in [3.8, 4) is 0 Å². The molecule has 0 bridgehead atoms. The summed E-state index contributed by atoms with van der Waals surface area (Å²) in [4.78, 5) is 40.5. The molecule has 0 spiro atoms. The highest BCUT2D eigenvalue weighted by molar-refractivity contribution is 5.87. The molecule has 82 heavy (non-hydrogen) atoms. The summed E-state index contributed by atoms with van der Waals surface area (Å²) >= 11 is 0. The van der Waals surface area contributed by atoms with Gasteiger partial charge in [0.15, 0.2) is 31.1 Å². The van der Waals surface area contributed by atoms with Crippen molar-refractivity contribution in [2.75, 3.05) is 26.4 Å². The summed E-state index contributed by atoms with van der Waals surface area (Å²) in [6.45, 7) is 15.7. The first-order valence-corrected chi connectivity index (χ1v) is 28.8. The van der Waals surface area contributed by atoms with Crippen LogP contribution in [-0.2, 0) is 52.3 Å². The number of aliphatic hydroxyl groups excluding tert-OH is 12. The Morgan fingerprint density at radius 3 is 1.82 bits per heavy atom. The van der Waals surface area contributed by atoms with E-state index in [0.29, 0.717) is 36.8 Å². The third kappa shape index (κ3) is 10.3. The molecule has 0 aromatic heterocycles. The predicted molar refractivity (Wildman–Crippen MR) is 283 cm³/mol. The van der Waals surface area contributed by atoms with Gasteiger partial charge in [0.25, 0.3) is 0 Å². The Labute approximate surface area is 477 Å². The van der Waals surface area contributed by atoms with Gasteiger partial charge in [0.1, 0.15) is 67.1 Å². The summed E-state index contributed by atoms with van der Waals surface area (Å²) in [5.41, 5.74) is -4.76. The Hall–Kier alpha value is -3.09. The SMILES string of the molecule is C/C=C(/C)CC(=O)O[C@H]1[C@H](OC(=O)/C(C)=C\C)C(C)(C)CC2C3=CCC4[C@@]5(C)CC[C@H](O[C@@H]6OC(C(=O)O)[C@@H](O)C(O[C@@H]7O[C@@H](CO)C(O)C7O)C6O[C@@H]6OC(CO)[C@@H](O)C(O)C6O)[C@](C)(CO)C5CC[C@@]4(C)[C@]3(C)[C@@H](O)[C@@H](O)[C@]21CO. The van der Waals surface area contributed by atoms with Gasteiger partial charge in [-0.1, -0.05) is 70.9 Å². The molecule has 5 aliphatic carbocycles. The molecule has 0 radical (unpaired) electrons. The summed E-state index contributed by atoms with van der Waals surface area (Å²) < 4.78 is 48.9. The molecule has 27 atom stereocenters. The molecule has 3 saturated heterocycles. The summed E-state index contributed by atoms with van der Waals surface area (Å²) in [5.74, 6) is -4.39. The number of rotatable bonds is 16. The highest BCUT2D eigenvalue weighted by Gasteiger charge is 2.77. The van der Waals surface area contributed by atoms with Crippen molar-refractivity contribution in [3.63, 3.8) is 0 Å². The van der Waals surface area contributed by atoms with Crippen LogP contribution in [0.1, 0.15) is 114 Å². The number of ether oxygens (including phenoxy) is 8. The fraction of sp³-hybridized carbons (Fsp3) is 0.845. The average molecular weight is 1170 g/mol. The van der Waals surface area contributed by atoms with Crippen molar-refractivity contribution in [3.05, 3.63) is 34.9 Å². The number of carbonyl (C=O) groups is 3. The maximum atomic E-state index is 13.9. The third-order valence-electron chi connectivity index (χ3n) is 21.7. The minimum absolute atomic E-state index is 0.115.